The van der Waals surface area contributed by atoms with Crippen molar-refractivity contribution in [1.29, 1.82) is 0 Å². The number of hydrogen-bond acceptors (Lipinski definition) is 4. The molecule has 2 aromatic rings. The summed E-state index contributed by atoms with van der Waals surface area (Å²) >= 11 is 5.86. The van der Waals surface area contributed by atoms with E-state index in [2.05, 4.69) is 4.99 Å². The van der Waals surface area contributed by atoms with E-state index in [4.69, 9.17) is 20.8 Å². The molecule has 0 unspecified atom stereocenters. The lowest BCUT2D eigenvalue weighted by Crippen LogP contribution is -2.07. The Bertz CT molecular complexity index is 660. The molecule has 0 radical (unpaired) electrons. The molecule has 0 aliphatic rings. The highest BCUT2D eigenvalue weighted by Gasteiger charge is 2.19. The maximum absolute atomic E-state index is 11.8. The molecule has 0 aliphatic carbocycles. The van der Waals surface area contributed by atoms with Crippen LogP contribution in [0.15, 0.2) is 39.7 Å². The van der Waals surface area contributed by atoms with Crippen molar-refractivity contribution in [3.8, 4) is 11.3 Å². The normalized spacial score (nSPS) is 10.9. The number of esters is 1. The van der Waals surface area contributed by atoms with Gasteiger partial charge >= 0.3 is 5.97 Å². The summed E-state index contributed by atoms with van der Waals surface area (Å²) in [6.07, 6.45) is 1.59. The summed E-state index contributed by atoms with van der Waals surface area (Å²) < 4.78 is 10.3. The molecule has 0 bridgehead atoms. The van der Waals surface area contributed by atoms with Crippen LogP contribution in [0.1, 0.15) is 10.6 Å². The molecule has 0 N–H and O–H groups in total. The molecule has 110 valence electrons. The first kappa shape index (κ1) is 15.1. The van der Waals surface area contributed by atoms with E-state index in [1.807, 2.05) is 26.2 Å². The van der Waals surface area contributed by atoms with Gasteiger partial charge in [-0.25, -0.2) is 9.79 Å². The van der Waals surface area contributed by atoms with Crippen LogP contribution < -0.4 is 0 Å². The van der Waals surface area contributed by atoms with Crippen LogP contribution in [0.3, 0.4) is 0 Å². The first-order valence-electron chi connectivity index (χ1n) is 6.20. The van der Waals surface area contributed by atoms with Crippen molar-refractivity contribution in [3.63, 3.8) is 0 Å². The van der Waals surface area contributed by atoms with Crippen molar-refractivity contribution < 1.29 is 13.9 Å². The van der Waals surface area contributed by atoms with Gasteiger partial charge in [-0.2, -0.15) is 0 Å². The number of rotatable bonds is 4. The van der Waals surface area contributed by atoms with Crippen LogP contribution in [0.2, 0.25) is 5.02 Å². The van der Waals surface area contributed by atoms with Gasteiger partial charge in [-0.1, -0.05) is 11.6 Å². The van der Waals surface area contributed by atoms with Crippen molar-refractivity contribution in [1.82, 2.24) is 4.90 Å². The zero-order chi connectivity index (χ0) is 15.4. The second-order valence-electron chi connectivity index (χ2n) is 4.53. The summed E-state index contributed by atoms with van der Waals surface area (Å²) in [5.41, 5.74) is 1.22. The molecule has 1 heterocycles. The summed E-state index contributed by atoms with van der Waals surface area (Å²) in [6, 6.07) is 8.80. The second-order valence-corrected chi connectivity index (χ2v) is 4.97. The Morgan fingerprint density at radius 2 is 2.00 bits per heavy atom. The fourth-order valence-electron chi connectivity index (χ4n) is 1.65. The van der Waals surface area contributed by atoms with Gasteiger partial charge in [-0.3, -0.25) is 0 Å². The summed E-state index contributed by atoms with van der Waals surface area (Å²) in [5.74, 6) is 0.0274. The number of methoxy groups -OCH3 is 1. The van der Waals surface area contributed by atoms with E-state index in [1.165, 1.54) is 7.11 Å². The van der Waals surface area contributed by atoms with Gasteiger partial charge in [0.15, 0.2) is 0 Å². The minimum atomic E-state index is -0.568. The molecule has 0 atom stereocenters. The molecule has 2 rings (SSSR count). The van der Waals surface area contributed by atoms with E-state index < -0.39 is 5.97 Å². The highest BCUT2D eigenvalue weighted by Crippen LogP contribution is 2.32. The van der Waals surface area contributed by atoms with Crippen LogP contribution in [-0.4, -0.2) is 38.4 Å². The summed E-state index contributed by atoms with van der Waals surface area (Å²) in [5, 5.41) is 0.629. The number of halogens is 1. The van der Waals surface area contributed by atoms with E-state index >= 15 is 0 Å². The SMILES string of the molecule is COC(=O)c1oc(-c2ccc(Cl)cc2)cc1/N=C/N(C)C. The third kappa shape index (κ3) is 3.64. The van der Waals surface area contributed by atoms with Crippen LogP contribution in [0.5, 0.6) is 0 Å². The van der Waals surface area contributed by atoms with Gasteiger partial charge in [0.2, 0.25) is 5.76 Å². The maximum Gasteiger partial charge on any atom is 0.376 e. The number of nitrogens with zero attached hydrogens (tertiary/aromatic N) is 2. The van der Waals surface area contributed by atoms with Gasteiger partial charge in [0.1, 0.15) is 11.4 Å². The quantitative estimate of drug-likeness (QED) is 0.492. The molecule has 6 heteroatoms. The first-order valence-corrected chi connectivity index (χ1v) is 6.57. The third-order valence-corrected chi connectivity index (χ3v) is 2.89. The standard InChI is InChI=1S/C15H15ClN2O3/c1-18(2)9-17-12-8-13(21-14(12)15(19)20-3)10-4-6-11(16)7-5-10/h4-9H,1-3H3/b17-9+. The Kier molecular flexibility index (Phi) is 4.65. The number of hydrogen-bond donors (Lipinski definition) is 0. The average molecular weight is 307 g/mol. The van der Waals surface area contributed by atoms with Crippen LogP contribution >= 0.6 is 11.6 Å². The smallest absolute Gasteiger partial charge is 0.376 e. The summed E-state index contributed by atoms with van der Waals surface area (Å²) in [4.78, 5) is 17.7. The Hall–Kier alpha value is -2.27. The minimum absolute atomic E-state index is 0.0700. The predicted molar refractivity (Wildman–Crippen MR) is 82.3 cm³/mol. The van der Waals surface area contributed by atoms with Crippen molar-refractivity contribution in [3.05, 3.63) is 41.1 Å². The molecule has 0 saturated heterocycles. The van der Waals surface area contributed by atoms with Crippen LogP contribution in [0, 0.1) is 0 Å². The number of furan rings is 1. The van der Waals surface area contributed by atoms with E-state index in [1.54, 1.807) is 29.4 Å². The van der Waals surface area contributed by atoms with Gasteiger partial charge in [0.25, 0.3) is 0 Å². The highest BCUT2D eigenvalue weighted by atomic mass is 35.5. The minimum Gasteiger partial charge on any atom is -0.463 e. The molecule has 0 saturated carbocycles. The van der Waals surface area contributed by atoms with E-state index in [-0.39, 0.29) is 5.76 Å². The van der Waals surface area contributed by atoms with Crippen LogP contribution in [0.25, 0.3) is 11.3 Å². The third-order valence-electron chi connectivity index (χ3n) is 2.64. The van der Waals surface area contributed by atoms with Crippen molar-refractivity contribution in [2.24, 2.45) is 4.99 Å². The molecule has 21 heavy (non-hydrogen) atoms. The summed E-state index contributed by atoms with van der Waals surface area (Å²) in [7, 11) is 4.97. The first-order chi connectivity index (χ1) is 10.0. The van der Waals surface area contributed by atoms with E-state index in [0.717, 1.165) is 5.56 Å². The zero-order valence-electron chi connectivity index (χ0n) is 12.0. The predicted octanol–water partition coefficient (Wildman–Crippen LogP) is 3.61. The van der Waals surface area contributed by atoms with Gasteiger partial charge in [-0.15, -0.1) is 0 Å². The highest BCUT2D eigenvalue weighted by molar-refractivity contribution is 6.30. The lowest BCUT2D eigenvalue weighted by Gasteiger charge is -2.01. The molecule has 0 spiro atoms. The number of benzene rings is 1. The largest absolute Gasteiger partial charge is 0.463 e. The average Bonchev–Trinajstić information content (AvgIpc) is 2.89. The Labute approximate surface area is 127 Å². The second kappa shape index (κ2) is 6.45. The molecule has 1 aromatic carbocycles. The van der Waals surface area contributed by atoms with Crippen LogP contribution in [-0.2, 0) is 4.74 Å². The Balaban J connectivity index is 2.44. The number of carbonyl (C=O) groups excluding carboxylic acids is 1. The monoisotopic (exact) mass is 306 g/mol. The Morgan fingerprint density at radius 3 is 2.57 bits per heavy atom. The molecule has 5 nitrogen and oxygen atoms in total. The topological polar surface area (TPSA) is 55.0 Å². The van der Waals surface area contributed by atoms with Gasteiger partial charge in [-0.05, 0) is 24.3 Å². The van der Waals surface area contributed by atoms with Gasteiger partial charge in [0, 0.05) is 30.7 Å². The lowest BCUT2D eigenvalue weighted by molar-refractivity contribution is 0.0567. The van der Waals surface area contributed by atoms with E-state index in [0.29, 0.717) is 16.5 Å². The van der Waals surface area contributed by atoms with E-state index in [9.17, 15) is 4.79 Å². The Morgan fingerprint density at radius 1 is 1.33 bits per heavy atom. The zero-order valence-corrected chi connectivity index (χ0v) is 12.7. The molecule has 0 amide bonds. The molecule has 1 aromatic heterocycles. The number of carbonyl (C=O) groups is 1. The van der Waals surface area contributed by atoms with Crippen LogP contribution in [0.4, 0.5) is 5.69 Å². The van der Waals surface area contributed by atoms with Crippen molar-refractivity contribution in [2.45, 2.75) is 0 Å². The van der Waals surface area contributed by atoms with Crippen molar-refractivity contribution in [2.75, 3.05) is 21.2 Å². The molecule has 0 fully saturated rings. The van der Waals surface area contributed by atoms with Gasteiger partial charge < -0.3 is 14.1 Å². The molecule has 0 aliphatic heterocycles. The lowest BCUT2D eigenvalue weighted by atomic mass is 10.2. The number of ether oxygens (including phenoxy) is 1. The number of aliphatic imine (C=N–C) groups is 1. The molecular formula is C15H15ClN2O3. The molecular weight excluding hydrogens is 292 g/mol. The van der Waals surface area contributed by atoms with Gasteiger partial charge in [0.05, 0.1) is 13.4 Å². The maximum atomic E-state index is 11.8. The fourth-order valence-corrected chi connectivity index (χ4v) is 1.78. The summed E-state index contributed by atoms with van der Waals surface area (Å²) in [6.45, 7) is 0. The van der Waals surface area contributed by atoms with Crippen molar-refractivity contribution >= 4 is 29.6 Å². The fraction of sp³-hybridized carbons (Fsp3) is 0.200.